The second kappa shape index (κ2) is 11.4. The molecular formula is C24H21Cl2N3O4. The molecule has 9 heteroatoms. The van der Waals surface area contributed by atoms with Crippen molar-refractivity contribution in [2.75, 3.05) is 12.1 Å². The molecule has 1 heterocycles. The summed E-state index contributed by atoms with van der Waals surface area (Å²) < 4.78 is 15.7. The van der Waals surface area contributed by atoms with Gasteiger partial charge in [-0.15, -0.1) is 0 Å². The molecule has 0 saturated carbocycles. The number of nitrogens with one attached hydrogen (secondary N) is 1. The van der Waals surface area contributed by atoms with E-state index in [1.165, 1.54) is 0 Å². The van der Waals surface area contributed by atoms with Crippen molar-refractivity contribution in [1.29, 1.82) is 5.26 Å². The Morgan fingerprint density at radius 1 is 1.12 bits per heavy atom. The number of nitrogens with zero attached hydrogens (tertiary/aromatic N) is 2. The van der Waals surface area contributed by atoms with Gasteiger partial charge in [0.1, 0.15) is 17.6 Å². The molecule has 0 bridgehead atoms. The fraction of sp³-hybridized carbons (Fsp3) is 0.208. The fourth-order valence-corrected chi connectivity index (χ4v) is 3.48. The number of benzene rings is 2. The van der Waals surface area contributed by atoms with Gasteiger partial charge in [0.2, 0.25) is 6.79 Å². The lowest BCUT2D eigenvalue weighted by Crippen LogP contribution is -2.18. The van der Waals surface area contributed by atoms with E-state index < -0.39 is 12.2 Å². The Balaban J connectivity index is 1.99. The molecule has 0 aliphatic rings. The van der Waals surface area contributed by atoms with Crippen molar-refractivity contribution in [3.05, 3.63) is 87.5 Å². The highest BCUT2D eigenvalue weighted by Crippen LogP contribution is 2.38. The van der Waals surface area contributed by atoms with E-state index in [2.05, 4.69) is 16.4 Å². The normalized spacial score (nSPS) is 11.4. The largest absolute Gasteiger partial charge is 0.511 e. The third-order valence-corrected chi connectivity index (χ3v) is 5.08. The van der Waals surface area contributed by atoms with Crippen molar-refractivity contribution in [3.8, 4) is 11.8 Å². The predicted molar refractivity (Wildman–Crippen MR) is 126 cm³/mol. The first-order valence-electron chi connectivity index (χ1n) is 10.0. The molecule has 1 N–H and O–H groups in total. The number of nitriles is 1. The maximum Gasteiger partial charge on any atom is 0.511 e. The fourth-order valence-electron chi connectivity index (χ4n) is 3.02. The van der Waals surface area contributed by atoms with Crippen molar-refractivity contribution >= 4 is 35.2 Å². The van der Waals surface area contributed by atoms with Crippen LogP contribution in [0.25, 0.3) is 0 Å². The molecule has 7 nitrogen and oxygen atoms in total. The van der Waals surface area contributed by atoms with Gasteiger partial charge < -0.3 is 19.5 Å². The minimum atomic E-state index is -0.839. The van der Waals surface area contributed by atoms with E-state index in [-0.39, 0.29) is 17.9 Å². The van der Waals surface area contributed by atoms with Crippen LogP contribution in [-0.2, 0) is 9.47 Å². The molecule has 2 aromatic carbocycles. The second-order valence-corrected chi connectivity index (χ2v) is 7.93. The minimum Gasteiger partial charge on any atom is -0.457 e. The second-order valence-electron chi connectivity index (χ2n) is 7.12. The van der Waals surface area contributed by atoms with E-state index in [1.807, 2.05) is 6.07 Å². The zero-order valence-corrected chi connectivity index (χ0v) is 19.4. The molecule has 3 rings (SSSR count). The zero-order chi connectivity index (χ0) is 23.8. The van der Waals surface area contributed by atoms with Gasteiger partial charge in [0.05, 0.1) is 22.7 Å². The first-order valence-corrected chi connectivity index (χ1v) is 10.8. The molecule has 170 valence electrons. The number of halogens is 2. The van der Waals surface area contributed by atoms with E-state index >= 15 is 0 Å². The van der Waals surface area contributed by atoms with Crippen LogP contribution in [0.15, 0.2) is 60.8 Å². The van der Waals surface area contributed by atoms with Crippen LogP contribution >= 0.6 is 23.2 Å². The lowest BCUT2D eigenvalue weighted by Gasteiger charge is -2.24. The van der Waals surface area contributed by atoms with E-state index in [0.29, 0.717) is 33.3 Å². The van der Waals surface area contributed by atoms with Gasteiger partial charge in [0.25, 0.3) is 0 Å². The summed E-state index contributed by atoms with van der Waals surface area (Å²) in [6.07, 6.45) is 0.495. The van der Waals surface area contributed by atoms with E-state index in [0.717, 1.165) is 0 Å². The topological polar surface area (TPSA) is 93.5 Å². The van der Waals surface area contributed by atoms with Gasteiger partial charge in [0.15, 0.2) is 0 Å². The average molecular weight is 486 g/mol. The molecule has 3 aromatic rings. The number of carbonyl (C=O) groups excluding carboxylic acids is 1. The maximum atomic E-state index is 11.7. The molecule has 0 aliphatic carbocycles. The summed E-state index contributed by atoms with van der Waals surface area (Å²) in [4.78, 5) is 16.0. The minimum absolute atomic E-state index is 0.288. The molecule has 0 spiro atoms. The lowest BCUT2D eigenvalue weighted by molar-refractivity contribution is -0.00845. The summed E-state index contributed by atoms with van der Waals surface area (Å²) in [5, 5.41) is 13.5. The highest BCUT2D eigenvalue weighted by atomic mass is 35.5. The standard InChI is InChI=1S/C24H21Cl2N3O4/c1-15(2)33-24(30)32-14-31-20-10-9-17(25)12-19(20)23(29-21-8-3-4-11-28-21)18-7-5-6-16(13-27)22(18)26/h3-12,15,23H,14H2,1-2H3,(H,28,29). The van der Waals surface area contributed by atoms with Crippen LogP contribution in [0, 0.1) is 11.3 Å². The van der Waals surface area contributed by atoms with Crippen LogP contribution in [0.2, 0.25) is 10.0 Å². The lowest BCUT2D eigenvalue weighted by atomic mass is 9.96. The van der Waals surface area contributed by atoms with E-state index in [4.69, 9.17) is 37.4 Å². The molecule has 1 atom stereocenters. The van der Waals surface area contributed by atoms with Crippen LogP contribution < -0.4 is 10.1 Å². The number of pyridine rings is 1. The molecular weight excluding hydrogens is 465 g/mol. The SMILES string of the molecule is CC(C)OC(=O)OCOc1ccc(Cl)cc1C(Nc1ccccn1)c1cccc(C#N)c1Cl. The Bertz CT molecular complexity index is 1150. The summed E-state index contributed by atoms with van der Waals surface area (Å²) in [5.41, 5.74) is 1.55. The maximum absolute atomic E-state index is 11.7. The first kappa shape index (κ1) is 24.2. The molecule has 1 unspecified atom stereocenters. The van der Waals surface area contributed by atoms with Gasteiger partial charge in [-0.2, -0.15) is 5.26 Å². The number of rotatable bonds is 8. The summed E-state index contributed by atoms with van der Waals surface area (Å²) in [7, 11) is 0. The van der Waals surface area contributed by atoms with Crippen LogP contribution in [-0.4, -0.2) is 24.0 Å². The quantitative estimate of drug-likeness (QED) is 0.293. The van der Waals surface area contributed by atoms with E-state index in [1.54, 1.807) is 68.6 Å². The van der Waals surface area contributed by atoms with Crippen LogP contribution in [0.1, 0.15) is 36.6 Å². The summed E-state index contributed by atoms with van der Waals surface area (Å²) >= 11 is 12.9. The number of hydrogen-bond acceptors (Lipinski definition) is 7. The third kappa shape index (κ3) is 6.51. The third-order valence-electron chi connectivity index (χ3n) is 4.42. The highest BCUT2D eigenvalue weighted by molar-refractivity contribution is 6.32. The number of hydrogen-bond donors (Lipinski definition) is 1. The number of ether oxygens (including phenoxy) is 3. The summed E-state index contributed by atoms with van der Waals surface area (Å²) in [6, 6.07) is 17.1. The predicted octanol–water partition coefficient (Wildman–Crippen LogP) is 6.36. The smallest absolute Gasteiger partial charge is 0.457 e. The van der Waals surface area contributed by atoms with Gasteiger partial charge in [-0.3, -0.25) is 0 Å². The first-order chi connectivity index (χ1) is 15.9. The van der Waals surface area contributed by atoms with Crippen molar-refractivity contribution in [2.24, 2.45) is 0 Å². The van der Waals surface area contributed by atoms with Crippen molar-refractivity contribution in [1.82, 2.24) is 4.98 Å². The summed E-state index contributed by atoms with van der Waals surface area (Å²) in [5.74, 6) is 0.965. The van der Waals surface area contributed by atoms with Gasteiger partial charge in [-0.25, -0.2) is 9.78 Å². The Hall–Kier alpha value is -3.47. The summed E-state index contributed by atoms with van der Waals surface area (Å²) in [6.45, 7) is 3.06. The van der Waals surface area contributed by atoms with Crippen molar-refractivity contribution in [3.63, 3.8) is 0 Å². The van der Waals surface area contributed by atoms with Crippen molar-refractivity contribution in [2.45, 2.75) is 26.0 Å². The van der Waals surface area contributed by atoms with E-state index in [9.17, 15) is 10.1 Å². The molecule has 33 heavy (non-hydrogen) atoms. The number of aromatic nitrogens is 1. The Kier molecular flexibility index (Phi) is 8.36. The average Bonchev–Trinajstić information content (AvgIpc) is 2.79. The Morgan fingerprint density at radius 3 is 2.64 bits per heavy atom. The molecule has 1 aromatic heterocycles. The molecule has 0 fully saturated rings. The highest BCUT2D eigenvalue weighted by Gasteiger charge is 2.23. The molecule has 0 saturated heterocycles. The monoisotopic (exact) mass is 485 g/mol. The molecule has 0 radical (unpaired) electrons. The van der Waals surface area contributed by atoms with Gasteiger partial charge in [-0.05, 0) is 55.8 Å². The molecule has 0 amide bonds. The van der Waals surface area contributed by atoms with Crippen LogP contribution in [0.5, 0.6) is 5.75 Å². The van der Waals surface area contributed by atoms with Crippen molar-refractivity contribution < 1.29 is 19.0 Å². The Morgan fingerprint density at radius 2 is 1.94 bits per heavy atom. The van der Waals surface area contributed by atoms with Gasteiger partial charge >= 0.3 is 6.16 Å². The van der Waals surface area contributed by atoms with Gasteiger partial charge in [-0.1, -0.05) is 41.4 Å². The van der Waals surface area contributed by atoms with Crippen LogP contribution in [0.3, 0.4) is 0 Å². The zero-order valence-electron chi connectivity index (χ0n) is 17.9. The molecule has 0 aliphatic heterocycles. The van der Waals surface area contributed by atoms with Crippen LogP contribution in [0.4, 0.5) is 10.6 Å². The number of carbonyl (C=O) groups is 1. The Labute approximate surface area is 201 Å². The van der Waals surface area contributed by atoms with Gasteiger partial charge in [0, 0.05) is 16.8 Å². The number of anilines is 1.